The van der Waals surface area contributed by atoms with Crippen molar-refractivity contribution in [3.63, 3.8) is 0 Å². The molecule has 128 valence electrons. The van der Waals surface area contributed by atoms with Crippen LogP contribution >= 0.6 is 0 Å². The van der Waals surface area contributed by atoms with Gasteiger partial charge in [-0.25, -0.2) is 0 Å². The number of hydrogen-bond donors (Lipinski definition) is 4. The van der Waals surface area contributed by atoms with E-state index < -0.39 is 16.0 Å². The van der Waals surface area contributed by atoms with E-state index in [9.17, 15) is 22.9 Å². The number of carbonyl (C=O) groups excluding carboxylic acids is 1. The average Bonchev–Trinajstić information content (AvgIpc) is 2.54. The zero-order chi connectivity index (χ0) is 18.2. The van der Waals surface area contributed by atoms with Gasteiger partial charge in [0.1, 0.15) is 10.6 Å². The molecule has 0 aliphatic rings. The molecule has 0 unspecified atom stereocenters. The number of hydrogen-bond acceptors (Lipinski definition) is 5. The normalized spacial score (nSPS) is 11.4. The molecule has 0 atom stereocenters. The highest BCUT2D eigenvalue weighted by molar-refractivity contribution is 7.86. The Morgan fingerprint density at radius 2 is 1.68 bits per heavy atom. The van der Waals surface area contributed by atoms with Crippen LogP contribution in [-0.2, 0) is 10.1 Å². The molecule has 1 amide bonds. The Bertz CT molecular complexity index is 1080. The minimum atomic E-state index is -4.49. The van der Waals surface area contributed by atoms with Gasteiger partial charge in [-0.2, -0.15) is 8.42 Å². The third-order valence-corrected chi connectivity index (χ3v) is 4.59. The van der Waals surface area contributed by atoms with Crippen LogP contribution in [0.1, 0.15) is 10.4 Å². The number of aromatic hydroxyl groups is 1. The third kappa shape index (κ3) is 3.25. The van der Waals surface area contributed by atoms with Crippen LogP contribution in [0, 0.1) is 0 Å². The Hall–Kier alpha value is -3.10. The summed E-state index contributed by atoms with van der Waals surface area (Å²) in [6.07, 6.45) is 0. The molecule has 0 saturated heterocycles. The lowest BCUT2D eigenvalue weighted by Crippen LogP contribution is -2.12. The summed E-state index contributed by atoms with van der Waals surface area (Å²) < 4.78 is 32.4. The number of anilines is 2. The van der Waals surface area contributed by atoms with Crippen LogP contribution in [0.25, 0.3) is 10.8 Å². The first-order valence-electron chi connectivity index (χ1n) is 7.16. The second-order valence-corrected chi connectivity index (χ2v) is 6.75. The summed E-state index contributed by atoms with van der Waals surface area (Å²) in [6.45, 7) is 0. The second-order valence-electron chi connectivity index (χ2n) is 5.36. The van der Waals surface area contributed by atoms with E-state index in [4.69, 9.17) is 5.73 Å². The monoisotopic (exact) mass is 358 g/mol. The van der Waals surface area contributed by atoms with E-state index >= 15 is 0 Å². The van der Waals surface area contributed by atoms with Gasteiger partial charge in [-0.3, -0.25) is 9.35 Å². The SMILES string of the molecule is Nc1ccc(C(=O)Nc2ccc(S(=O)(=O)O)c3cccc(O)c23)cc1. The number of nitrogens with two attached hydrogens (primary N) is 1. The van der Waals surface area contributed by atoms with Crippen LogP contribution in [0.4, 0.5) is 11.4 Å². The average molecular weight is 358 g/mol. The zero-order valence-corrected chi connectivity index (χ0v) is 13.6. The van der Waals surface area contributed by atoms with E-state index in [0.717, 1.165) is 6.07 Å². The molecule has 0 aromatic heterocycles. The van der Waals surface area contributed by atoms with Gasteiger partial charge in [0.25, 0.3) is 16.0 Å². The molecule has 3 aromatic rings. The first kappa shape index (κ1) is 16.7. The molecule has 0 heterocycles. The van der Waals surface area contributed by atoms with Crippen molar-refractivity contribution in [2.24, 2.45) is 0 Å². The van der Waals surface area contributed by atoms with Crippen molar-refractivity contribution in [1.82, 2.24) is 0 Å². The molecule has 25 heavy (non-hydrogen) atoms. The maximum absolute atomic E-state index is 12.4. The Morgan fingerprint density at radius 1 is 1.00 bits per heavy atom. The van der Waals surface area contributed by atoms with Gasteiger partial charge in [0.2, 0.25) is 0 Å². The number of phenolic OH excluding ortho intramolecular Hbond substituents is 1. The first-order chi connectivity index (χ1) is 11.8. The summed E-state index contributed by atoms with van der Waals surface area (Å²) in [6, 6.07) is 12.9. The smallest absolute Gasteiger partial charge is 0.295 e. The lowest BCUT2D eigenvalue weighted by Gasteiger charge is -2.12. The number of fused-ring (bicyclic) bond motifs is 1. The Morgan fingerprint density at radius 3 is 2.32 bits per heavy atom. The van der Waals surface area contributed by atoms with Crippen molar-refractivity contribution in [1.29, 1.82) is 0 Å². The summed E-state index contributed by atoms with van der Waals surface area (Å²) in [5.41, 5.74) is 6.65. The summed E-state index contributed by atoms with van der Waals surface area (Å²) in [7, 11) is -4.49. The molecule has 3 aromatic carbocycles. The van der Waals surface area contributed by atoms with Gasteiger partial charge < -0.3 is 16.2 Å². The van der Waals surface area contributed by atoms with Crippen LogP contribution in [0.5, 0.6) is 5.75 Å². The van der Waals surface area contributed by atoms with E-state index in [2.05, 4.69) is 5.32 Å². The van der Waals surface area contributed by atoms with Crippen LogP contribution in [-0.4, -0.2) is 24.0 Å². The molecule has 8 heteroatoms. The summed E-state index contributed by atoms with van der Waals surface area (Å²) in [5, 5.41) is 12.9. The molecule has 0 aliphatic carbocycles. The fraction of sp³-hybridized carbons (Fsp3) is 0. The predicted molar refractivity (Wildman–Crippen MR) is 94.2 cm³/mol. The third-order valence-electron chi connectivity index (χ3n) is 3.68. The largest absolute Gasteiger partial charge is 0.507 e. The molecule has 0 bridgehead atoms. The maximum Gasteiger partial charge on any atom is 0.295 e. The number of amides is 1. The zero-order valence-electron chi connectivity index (χ0n) is 12.8. The lowest BCUT2D eigenvalue weighted by atomic mass is 10.1. The fourth-order valence-corrected chi connectivity index (χ4v) is 3.21. The quantitative estimate of drug-likeness (QED) is 0.421. The minimum absolute atomic E-state index is 0.0950. The number of phenols is 1. The molecule has 0 radical (unpaired) electrons. The van der Waals surface area contributed by atoms with Gasteiger partial charge in [-0.15, -0.1) is 0 Å². The molecule has 3 rings (SSSR count). The molecule has 0 fully saturated rings. The number of rotatable bonds is 3. The molecule has 0 saturated carbocycles. The highest BCUT2D eigenvalue weighted by Gasteiger charge is 2.19. The Kier molecular flexibility index (Phi) is 4.07. The van der Waals surface area contributed by atoms with Gasteiger partial charge in [0, 0.05) is 22.0 Å². The minimum Gasteiger partial charge on any atom is -0.507 e. The van der Waals surface area contributed by atoms with Crippen LogP contribution in [0.15, 0.2) is 59.5 Å². The van der Waals surface area contributed by atoms with E-state index in [0.29, 0.717) is 11.3 Å². The molecule has 5 N–H and O–H groups in total. The van der Waals surface area contributed by atoms with Gasteiger partial charge in [0.05, 0.1) is 5.69 Å². The Labute approximate surface area is 143 Å². The molecule has 0 aliphatic heterocycles. The van der Waals surface area contributed by atoms with Crippen molar-refractivity contribution < 1.29 is 22.9 Å². The summed E-state index contributed by atoms with van der Waals surface area (Å²) in [5.74, 6) is -0.681. The number of benzene rings is 3. The van der Waals surface area contributed by atoms with Gasteiger partial charge in [-0.1, -0.05) is 12.1 Å². The number of nitrogen functional groups attached to an aromatic ring is 1. The van der Waals surface area contributed by atoms with Crippen LogP contribution < -0.4 is 11.1 Å². The Balaban J connectivity index is 2.11. The molecule has 7 nitrogen and oxygen atoms in total. The number of carbonyl (C=O) groups is 1. The van der Waals surface area contributed by atoms with E-state index in [1.807, 2.05) is 0 Å². The fourth-order valence-electron chi connectivity index (χ4n) is 2.52. The number of nitrogens with one attached hydrogen (secondary N) is 1. The highest BCUT2D eigenvalue weighted by Crippen LogP contribution is 2.35. The van der Waals surface area contributed by atoms with Crippen molar-refractivity contribution in [3.8, 4) is 5.75 Å². The summed E-state index contributed by atoms with van der Waals surface area (Å²) in [4.78, 5) is 12.0. The van der Waals surface area contributed by atoms with Crippen molar-refractivity contribution in [2.45, 2.75) is 4.90 Å². The van der Waals surface area contributed by atoms with Gasteiger partial charge >= 0.3 is 0 Å². The van der Waals surface area contributed by atoms with E-state index in [1.54, 1.807) is 24.3 Å². The van der Waals surface area contributed by atoms with Gasteiger partial charge in [0.15, 0.2) is 0 Å². The first-order valence-corrected chi connectivity index (χ1v) is 8.60. The molecular formula is C17H14N2O5S. The summed E-state index contributed by atoms with van der Waals surface area (Å²) >= 11 is 0. The highest BCUT2D eigenvalue weighted by atomic mass is 32.2. The molecule has 0 spiro atoms. The van der Waals surface area contributed by atoms with Gasteiger partial charge in [-0.05, 0) is 42.5 Å². The molecular weight excluding hydrogens is 344 g/mol. The lowest BCUT2D eigenvalue weighted by molar-refractivity contribution is 0.102. The standard InChI is InChI=1S/C17H14N2O5S/c18-11-6-4-10(5-7-11)17(21)19-13-8-9-15(25(22,23)24)12-2-1-3-14(20)16(12)13/h1-9,20H,18H2,(H,19,21)(H,22,23,24). The van der Waals surface area contributed by atoms with Crippen molar-refractivity contribution in [2.75, 3.05) is 11.1 Å². The van der Waals surface area contributed by atoms with E-state index in [-0.39, 0.29) is 27.1 Å². The van der Waals surface area contributed by atoms with Crippen LogP contribution in [0.2, 0.25) is 0 Å². The predicted octanol–water partition coefficient (Wildman–Crippen LogP) is 2.63. The van der Waals surface area contributed by atoms with Crippen molar-refractivity contribution >= 4 is 38.2 Å². The maximum atomic E-state index is 12.4. The van der Waals surface area contributed by atoms with Crippen molar-refractivity contribution in [3.05, 3.63) is 60.2 Å². The topological polar surface area (TPSA) is 130 Å². The van der Waals surface area contributed by atoms with Crippen LogP contribution in [0.3, 0.4) is 0 Å². The second kappa shape index (κ2) is 6.08. The van der Waals surface area contributed by atoms with E-state index in [1.165, 1.54) is 24.3 Å².